The van der Waals surface area contributed by atoms with Gasteiger partial charge in [0.15, 0.2) is 0 Å². The number of hydrogen-bond acceptors (Lipinski definition) is 3. The van der Waals surface area contributed by atoms with Crippen LogP contribution in [0, 0.1) is 6.92 Å². The van der Waals surface area contributed by atoms with Gasteiger partial charge in [-0.2, -0.15) is 0 Å². The molecule has 3 heteroatoms. The molecular formula is C14H16N2O. The zero-order valence-electron chi connectivity index (χ0n) is 10.3. The van der Waals surface area contributed by atoms with Crippen molar-refractivity contribution in [3.05, 3.63) is 42.0 Å². The van der Waals surface area contributed by atoms with E-state index in [1.54, 1.807) is 12.1 Å². The van der Waals surface area contributed by atoms with Crippen LogP contribution in [0.15, 0.2) is 30.5 Å². The first-order chi connectivity index (χ1) is 8.08. The van der Waals surface area contributed by atoms with Crippen LogP contribution in [0.25, 0.3) is 11.1 Å². The molecule has 0 spiro atoms. The van der Waals surface area contributed by atoms with Gasteiger partial charge in [0.05, 0.1) is 0 Å². The summed E-state index contributed by atoms with van der Waals surface area (Å²) in [6.07, 6.45) is 1.85. The van der Waals surface area contributed by atoms with Crippen LogP contribution in [0.2, 0.25) is 0 Å². The number of phenolic OH excluding ortho intramolecular Hbond substituents is 1. The minimum absolute atomic E-state index is 0.270. The average Bonchev–Trinajstić information content (AvgIpc) is 2.30. The van der Waals surface area contributed by atoms with E-state index in [1.807, 2.05) is 25.3 Å². The number of hydrogen-bond donors (Lipinski definition) is 1. The molecule has 0 bridgehead atoms. The topological polar surface area (TPSA) is 46.0 Å². The summed E-state index contributed by atoms with van der Waals surface area (Å²) in [7, 11) is 0. The normalized spacial score (nSPS) is 10.8. The third-order valence-electron chi connectivity index (χ3n) is 2.69. The summed E-state index contributed by atoms with van der Waals surface area (Å²) in [6.45, 7) is 6.14. The van der Waals surface area contributed by atoms with Gasteiger partial charge in [0.2, 0.25) is 0 Å². The Balaban J connectivity index is 2.43. The fourth-order valence-corrected chi connectivity index (χ4v) is 1.69. The van der Waals surface area contributed by atoms with Crippen molar-refractivity contribution in [3.8, 4) is 16.9 Å². The van der Waals surface area contributed by atoms with Crippen molar-refractivity contribution in [1.82, 2.24) is 9.97 Å². The second-order valence-corrected chi connectivity index (χ2v) is 4.43. The molecule has 0 saturated carbocycles. The largest absolute Gasteiger partial charge is 0.508 e. The van der Waals surface area contributed by atoms with Gasteiger partial charge in [0.25, 0.3) is 0 Å². The van der Waals surface area contributed by atoms with Crippen LogP contribution in [0.3, 0.4) is 0 Å². The first-order valence-electron chi connectivity index (χ1n) is 5.71. The van der Waals surface area contributed by atoms with E-state index in [4.69, 9.17) is 0 Å². The van der Waals surface area contributed by atoms with Crippen molar-refractivity contribution in [2.24, 2.45) is 0 Å². The lowest BCUT2D eigenvalue weighted by atomic mass is 10.1. The number of aromatic hydroxyl groups is 1. The van der Waals surface area contributed by atoms with Crippen molar-refractivity contribution in [1.29, 1.82) is 0 Å². The highest BCUT2D eigenvalue weighted by Gasteiger charge is 2.08. The monoisotopic (exact) mass is 228 g/mol. The van der Waals surface area contributed by atoms with Gasteiger partial charge in [-0.3, -0.25) is 0 Å². The van der Waals surface area contributed by atoms with Crippen molar-refractivity contribution in [3.63, 3.8) is 0 Å². The number of benzene rings is 1. The summed E-state index contributed by atoms with van der Waals surface area (Å²) < 4.78 is 0. The predicted octanol–water partition coefficient (Wildman–Crippen LogP) is 3.28. The third kappa shape index (κ3) is 2.44. The highest BCUT2D eigenvalue weighted by molar-refractivity contribution is 5.65. The summed E-state index contributed by atoms with van der Waals surface area (Å²) >= 11 is 0. The molecule has 1 N–H and O–H groups in total. The molecule has 0 atom stereocenters. The Hall–Kier alpha value is -1.90. The molecule has 1 aromatic carbocycles. The minimum atomic E-state index is 0.270. The molecule has 0 unspecified atom stereocenters. The van der Waals surface area contributed by atoms with E-state index in [9.17, 15) is 5.11 Å². The van der Waals surface area contributed by atoms with Gasteiger partial charge >= 0.3 is 0 Å². The molecule has 0 aliphatic carbocycles. The molecule has 17 heavy (non-hydrogen) atoms. The molecule has 1 aromatic heterocycles. The second-order valence-electron chi connectivity index (χ2n) is 4.43. The van der Waals surface area contributed by atoms with Crippen LogP contribution in [-0.4, -0.2) is 15.1 Å². The Kier molecular flexibility index (Phi) is 3.09. The molecule has 0 aliphatic heterocycles. The molecular weight excluding hydrogens is 212 g/mol. The predicted molar refractivity (Wildman–Crippen MR) is 68.0 cm³/mol. The van der Waals surface area contributed by atoms with Crippen molar-refractivity contribution in [2.75, 3.05) is 0 Å². The van der Waals surface area contributed by atoms with E-state index in [2.05, 4.69) is 23.8 Å². The van der Waals surface area contributed by atoms with Crippen LogP contribution in [-0.2, 0) is 0 Å². The number of nitrogens with zero attached hydrogens (tertiary/aromatic N) is 2. The SMILES string of the molecule is Cc1nc(C(C)C)ncc1-c1ccc(O)cc1. The number of rotatable bonds is 2. The van der Waals surface area contributed by atoms with Crippen molar-refractivity contribution in [2.45, 2.75) is 26.7 Å². The molecule has 0 aliphatic rings. The Labute approximate surface area is 101 Å². The maximum absolute atomic E-state index is 9.26. The van der Waals surface area contributed by atoms with E-state index in [0.717, 1.165) is 22.6 Å². The highest BCUT2D eigenvalue weighted by atomic mass is 16.3. The van der Waals surface area contributed by atoms with Crippen LogP contribution in [0.1, 0.15) is 31.3 Å². The lowest BCUT2D eigenvalue weighted by molar-refractivity contribution is 0.475. The quantitative estimate of drug-likeness (QED) is 0.858. The summed E-state index contributed by atoms with van der Waals surface area (Å²) in [4.78, 5) is 8.86. The molecule has 0 amide bonds. The van der Waals surface area contributed by atoms with Gasteiger partial charge in [-0.15, -0.1) is 0 Å². The highest BCUT2D eigenvalue weighted by Crippen LogP contribution is 2.24. The molecule has 1 heterocycles. The second kappa shape index (κ2) is 4.53. The smallest absolute Gasteiger partial charge is 0.131 e. The fraction of sp³-hybridized carbons (Fsp3) is 0.286. The van der Waals surface area contributed by atoms with Gasteiger partial charge < -0.3 is 5.11 Å². The molecule has 2 rings (SSSR count). The Morgan fingerprint density at radius 2 is 1.76 bits per heavy atom. The third-order valence-corrected chi connectivity index (χ3v) is 2.69. The van der Waals surface area contributed by atoms with E-state index in [0.29, 0.717) is 5.92 Å². The first-order valence-corrected chi connectivity index (χ1v) is 5.71. The molecule has 88 valence electrons. The van der Waals surface area contributed by atoms with Crippen molar-refractivity contribution >= 4 is 0 Å². The summed E-state index contributed by atoms with van der Waals surface area (Å²) in [5, 5.41) is 9.26. The fourth-order valence-electron chi connectivity index (χ4n) is 1.69. The van der Waals surface area contributed by atoms with Crippen LogP contribution >= 0.6 is 0 Å². The van der Waals surface area contributed by atoms with Crippen LogP contribution in [0.5, 0.6) is 5.75 Å². The maximum Gasteiger partial charge on any atom is 0.131 e. The van der Waals surface area contributed by atoms with E-state index in [1.165, 1.54) is 0 Å². The average molecular weight is 228 g/mol. The lowest BCUT2D eigenvalue weighted by Gasteiger charge is -2.09. The van der Waals surface area contributed by atoms with Crippen LogP contribution < -0.4 is 0 Å². The molecule has 0 radical (unpaired) electrons. The molecule has 0 fully saturated rings. The van der Waals surface area contributed by atoms with E-state index in [-0.39, 0.29) is 5.75 Å². The number of aryl methyl sites for hydroxylation is 1. The Bertz CT molecular complexity index is 518. The van der Waals surface area contributed by atoms with Gasteiger partial charge in [0.1, 0.15) is 11.6 Å². The number of phenols is 1. The van der Waals surface area contributed by atoms with E-state index >= 15 is 0 Å². The molecule has 3 nitrogen and oxygen atoms in total. The lowest BCUT2D eigenvalue weighted by Crippen LogP contribution is -2.00. The maximum atomic E-state index is 9.26. The van der Waals surface area contributed by atoms with E-state index < -0.39 is 0 Å². The van der Waals surface area contributed by atoms with Gasteiger partial charge in [-0.1, -0.05) is 26.0 Å². The van der Waals surface area contributed by atoms with Crippen molar-refractivity contribution < 1.29 is 5.11 Å². The summed E-state index contributed by atoms with van der Waals surface area (Å²) in [5.41, 5.74) is 3.00. The molecule has 0 saturated heterocycles. The summed E-state index contributed by atoms with van der Waals surface area (Å²) in [5.74, 6) is 1.47. The standard InChI is InChI=1S/C14H16N2O/c1-9(2)14-15-8-13(10(3)16-14)11-4-6-12(17)7-5-11/h4-9,17H,1-3H3. The zero-order valence-corrected chi connectivity index (χ0v) is 10.3. The molecule has 2 aromatic rings. The number of aromatic nitrogens is 2. The summed E-state index contributed by atoms with van der Waals surface area (Å²) in [6, 6.07) is 7.09. The van der Waals surface area contributed by atoms with Gasteiger partial charge in [-0.25, -0.2) is 9.97 Å². The van der Waals surface area contributed by atoms with Crippen LogP contribution in [0.4, 0.5) is 0 Å². The Morgan fingerprint density at radius 1 is 1.12 bits per heavy atom. The zero-order chi connectivity index (χ0) is 12.4. The van der Waals surface area contributed by atoms with Gasteiger partial charge in [-0.05, 0) is 24.6 Å². The Morgan fingerprint density at radius 3 is 2.29 bits per heavy atom. The minimum Gasteiger partial charge on any atom is -0.508 e. The first kappa shape index (κ1) is 11.6. The van der Waals surface area contributed by atoms with Gasteiger partial charge in [0, 0.05) is 23.4 Å².